The molecule has 0 saturated heterocycles. The fourth-order valence-corrected chi connectivity index (χ4v) is 3.11. The van der Waals surface area contributed by atoms with Crippen molar-refractivity contribution in [1.29, 1.82) is 0 Å². The molecular formula is C20H14ClNO. The average molecular weight is 320 g/mol. The molecule has 1 aromatic heterocycles. The third kappa shape index (κ3) is 2.37. The van der Waals surface area contributed by atoms with Crippen molar-refractivity contribution in [2.24, 2.45) is 0 Å². The van der Waals surface area contributed by atoms with E-state index < -0.39 is 0 Å². The molecule has 0 unspecified atom stereocenters. The van der Waals surface area contributed by atoms with E-state index in [9.17, 15) is 5.11 Å². The number of hydrogen-bond acceptors (Lipinski definition) is 1. The number of aromatic hydroxyl groups is 1. The van der Waals surface area contributed by atoms with Crippen LogP contribution >= 0.6 is 11.6 Å². The smallest absolute Gasteiger partial charge is 0.124 e. The molecule has 0 spiro atoms. The van der Waals surface area contributed by atoms with E-state index in [-0.39, 0.29) is 5.75 Å². The number of phenols is 1. The van der Waals surface area contributed by atoms with Gasteiger partial charge in [-0.25, -0.2) is 0 Å². The highest BCUT2D eigenvalue weighted by Crippen LogP contribution is 2.35. The van der Waals surface area contributed by atoms with Crippen LogP contribution in [0.3, 0.4) is 0 Å². The van der Waals surface area contributed by atoms with Crippen LogP contribution in [0.5, 0.6) is 5.75 Å². The third-order valence-electron chi connectivity index (χ3n) is 3.96. The van der Waals surface area contributed by atoms with Gasteiger partial charge in [-0.05, 0) is 42.0 Å². The summed E-state index contributed by atoms with van der Waals surface area (Å²) in [6, 6.07) is 25.4. The van der Waals surface area contributed by atoms with Gasteiger partial charge >= 0.3 is 0 Å². The molecule has 0 aliphatic heterocycles. The van der Waals surface area contributed by atoms with Gasteiger partial charge in [0, 0.05) is 16.1 Å². The number of nitrogens with zero attached hydrogens (tertiary/aromatic N) is 1. The van der Waals surface area contributed by atoms with Crippen molar-refractivity contribution in [2.75, 3.05) is 0 Å². The molecule has 0 aliphatic rings. The maximum atomic E-state index is 10.2. The van der Waals surface area contributed by atoms with Gasteiger partial charge in [-0.1, -0.05) is 54.1 Å². The maximum Gasteiger partial charge on any atom is 0.124 e. The summed E-state index contributed by atoms with van der Waals surface area (Å²) in [6.45, 7) is 0. The number of hydrogen-bond donors (Lipinski definition) is 1. The molecule has 4 rings (SSSR count). The van der Waals surface area contributed by atoms with Crippen LogP contribution in [0.1, 0.15) is 0 Å². The summed E-state index contributed by atoms with van der Waals surface area (Å²) in [5.41, 5.74) is 4.02. The molecule has 0 fully saturated rings. The van der Waals surface area contributed by atoms with Crippen molar-refractivity contribution in [3.05, 3.63) is 83.9 Å². The average Bonchev–Trinajstić information content (AvgIpc) is 2.97. The number of fused-ring (bicyclic) bond motifs is 1. The highest BCUT2D eigenvalue weighted by atomic mass is 35.5. The van der Waals surface area contributed by atoms with Crippen molar-refractivity contribution in [2.45, 2.75) is 0 Å². The predicted octanol–water partition coefficient (Wildman–Crippen LogP) is 5.66. The quantitative estimate of drug-likeness (QED) is 0.507. The minimum atomic E-state index is 0.278. The SMILES string of the molecule is Oc1cccc2c1cc(-c1ccccc1)n2-c1cccc(Cl)c1. The second-order valence-corrected chi connectivity index (χ2v) is 5.86. The molecule has 4 aromatic rings. The summed E-state index contributed by atoms with van der Waals surface area (Å²) in [5, 5.41) is 11.7. The molecule has 2 nitrogen and oxygen atoms in total. The van der Waals surface area contributed by atoms with E-state index in [2.05, 4.69) is 16.7 Å². The Morgan fingerprint density at radius 1 is 0.783 bits per heavy atom. The van der Waals surface area contributed by atoms with Crippen molar-refractivity contribution in [3.63, 3.8) is 0 Å². The Balaban J connectivity index is 2.10. The first kappa shape index (κ1) is 13.9. The third-order valence-corrected chi connectivity index (χ3v) is 4.19. The van der Waals surface area contributed by atoms with Crippen molar-refractivity contribution in [3.8, 4) is 22.7 Å². The second kappa shape index (κ2) is 5.49. The predicted molar refractivity (Wildman–Crippen MR) is 95.4 cm³/mol. The topological polar surface area (TPSA) is 25.2 Å². The van der Waals surface area contributed by atoms with Crippen LogP contribution in [0.4, 0.5) is 0 Å². The lowest BCUT2D eigenvalue weighted by molar-refractivity contribution is 0.481. The Morgan fingerprint density at radius 3 is 2.35 bits per heavy atom. The van der Waals surface area contributed by atoms with Crippen molar-refractivity contribution < 1.29 is 5.11 Å². The number of aromatic nitrogens is 1. The molecule has 1 N–H and O–H groups in total. The van der Waals surface area contributed by atoms with E-state index in [1.165, 1.54) is 0 Å². The van der Waals surface area contributed by atoms with Crippen LogP contribution in [-0.2, 0) is 0 Å². The minimum Gasteiger partial charge on any atom is -0.507 e. The number of halogens is 1. The van der Waals surface area contributed by atoms with Crippen LogP contribution in [0, 0.1) is 0 Å². The maximum absolute atomic E-state index is 10.2. The summed E-state index contributed by atoms with van der Waals surface area (Å²) >= 11 is 6.18. The van der Waals surface area contributed by atoms with Gasteiger partial charge in [0.25, 0.3) is 0 Å². The molecule has 0 radical (unpaired) electrons. The number of benzene rings is 3. The van der Waals surface area contributed by atoms with Gasteiger partial charge in [0.05, 0.1) is 11.2 Å². The fraction of sp³-hybridized carbons (Fsp3) is 0. The first-order chi connectivity index (χ1) is 11.2. The standard InChI is InChI=1S/C20H14ClNO/c21-15-8-4-9-16(12-15)22-18-10-5-11-20(23)17(18)13-19(22)14-6-2-1-3-7-14/h1-13,23H. The molecule has 3 heteroatoms. The molecule has 0 bridgehead atoms. The molecule has 23 heavy (non-hydrogen) atoms. The Kier molecular flexibility index (Phi) is 3.32. The first-order valence-corrected chi connectivity index (χ1v) is 7.76. The molecule has 0 saturated carbocycles. The molecule has 0 aliphatic carbocycles. The Bertz CT molecular complexity index is 989. The van der Waals surface area contributed by atoms with E-state index in [1.54, 1.807) is 6.07 Å². The number of rotatable bonds is 2. The van der Waals surface area contributed by atoms with Gasteiger partial charge in [-0.3, -0.25) is 0 Å². The van der Waals surface area contributed by atoms with Crippen molar-refractivity contribution in [1.82, 2.24) is 4.57 Å². The van der Waals surface area contributed by atoms with E-state index in [1.807, 2.05) is 60.7 Å². The van der Waals surface area contributed by atoms with E-state index in [0.717, 1.165) is 27.8 Å². The largest absolute Gasteiger partial charge is 0.507 e. The van der Waals surface area contributed by atoms with Crippen molar-refractivity contribution >= 4 is 22.5 Å². The molecule has 1 heterocycles. The Hall–Kier alpha value is -2.71. The minimum absolute atomic E-state index is 0.278. The van der Waals surface area contributed by atoms with Gasteiger partial charge in [-0.15, -0.1) is 0 Å². The van der Waals surface area contributed by atoms with Crippen LogP contribution in [-0.4, -0.2) is 9.67 Å². The van der Waals surface area contributed by atoms with Crippen LogP contribution in [0.2, 0.25) is 5.02 Å². The summed E-state index contributed by atoms with van der Waals surface area (Å²) < 4.78 is 2.12. The van der Waals surface area contributed by atoms with Gasteiger partial charge < -0.3 is 9.67 Å². The molecule has 0 amide bonds. The number of phenolic OH excluding ortho intramolecular Hbond substituents is 1. The summed E-state index contributed by atoms with van der Waals surface area (Å²) in [7, 11) is 0. The monoisotopic (exact) mass is 319 g/mol. The summed E-state index contributed by atoms with van der Waals surface area (Å²) in [4.78, 5) is 0. The van der Waals surface area contributed by atoms with Gasteiger partial charge in [0.15, 0.2) is 0 Å². The fourth-order valence-electron chi connectivity index (χ4n) is 2.93. The summed E-state index contributed by atoms with van der Waals surface area (Å²) in [5.74, 6) is 0.278. The molecule has 3 aromatic carbocycles. The Morgan fingerprint density at radius 2 is 1.57 bits per heavy atom. The van der Waals surface area contributed by atoms with Crippen LogP contribution in [0.15, 0.2) is 78.9 Å². The lowest BCUT2D eigenvalue weighted by Crippen LogP contribution is -1.96. The molecule has 112 valence electrons. The Labute approximate surface area is 139 Å². The molecule has 0 atom stereocenters. The van der Waals surface area contributed by atoms with Gasteiger partial charge in [0.1, 0.15) is 5.75 Å². The summed E-state index contributed by atoms with van der Waals surface area (Å²) in [6.07, 6.45) is 0. The van der Waals surface area contributed by atoms with Gasteiger partial charge in [0.2, 0.25) is 0 Å². The second-order valence-electron chi connectivity index (χ2n) is 5.42. The first-order valence-electron chi connectivity index (χ1n) is 7.39. The van der Waals surface area contributed by atoms with E-state index in [4.69, 9.17) is 11.6 Å². The lowest BCUT2D eigenvalue weighted by Gasteiger charge is -2.11. The zero-order chi connectivity index (χ0) is 15.8. The zero-order valence-electron chi connectivity index (χ0n) is 12.3. The normalized spacial score (nSPS) is 11.0. The van der Waals surface area contributed by atoms with E-state index in [0.29, 0.717) is 5.02 Å². The lowest BCUT2D eigenvalue weighted by atomic mass is 10.1. The highest BCUT2D eigenvalue weighted by molar-refractivity contribution is 6.30. The van der Waals surface area contributed by atoms with Gasteiger partial charge in [-0.2, -0.15) is 0 Å². The highest BCUT2D eigenvalue weighted by Gasteiger charge is 2.14. The molecular weight excluding hydrogens is 306 g/mol. The van der Waals surface area contributed by atoms with Crippen LogP contribution < -0.4 is 0 Å². The van der Waals surface area contributed by atoms with E-state index >= 15 is 0 Å². The zero-order valence-corrected chi connectivity index (χ0v) is 13.0. The van der Waals surface area contributed by atoms with Crippen LogP contribution in [0.25, 0.3) is 27.8 Å².